The number of hydrogen-bond acceptors (Lipinski definition) is 3. The van der Waals surface area contributed by atoms with Crippen molar-refractivity contribution in [1.82, 2.24) is 20.5 Å². The molecule has 6 nitrogen and oxygen atoms in total. The number of carbonyl (C=O) groups excluding carboxylic acids is 2. The van der Waals surface area contributed by atoms with Gasteiger partial charge < -0.3 is 15.5 Å². The van der Waals surface area contributed by atoms with Crippen LogP contribution in [-0.2, 0) is 0 Å². The fourth-order valence-electron chi connectivity index (χ4n) is 2.49. The summed E-state index contributed by atoms with van der Waals surface area (Å²) in [5, 5.41) is 5.88. The van der Waals surface area contributed by atoms with Gasteiger partial charge in [-0.05, 0) is 30.4 Å². The molecule has 0 bridgehead atoms. The molecule has 3 amide bonds. The summed E-state index contributed by atoms with van der Waals surface area (Å²) in [5.41, 5.74) is 0.729. The Bertz CT molecular complexity index is 531. The average molecular weight is 318 g/mol. The van der Waals surface area contributed by atoms with E-state index in [1.165, 1.54) is 0 Å². The number of nitrogens with zero attached hydrogens (tertiary/aromatic N) is 2. The summed E-state index contributed by atoms with van der Waals surface area (Å²) >= 11 is 0. The van der Waals surface area contributed by atoms with E-state index in [9.17, 15) is 9.59 Å². The van der Waals surface area contributed by atoms with Gasteiger partial charge in [-0.1, -0.05) is 20.8 Å². The van der Waals surface area contributed by atoms with E-state index in [0.29, 0.717) is 25.2 Å². The molecule has 0 atom stereocenters. The third-order valence-corrected chi connectivity index (χ3v) is 3.82. The Morgan fingerprint density at radius 1 is 1.22 bits per heavy atom. The highest BCUT2D eigenvalue weighted by Gasteiger charge is 2.24. The van der Waals surface area contributed by atoms with E-state index in [4.69, 9.17) is 0 Å². The highest BCUT2D eigenvalue weighted by atomic mass is 16.2. The van der Waals surface area contributed by atoms with Crippen LogP contribution in [0.1, 0.15) is 44.0 Å². The Morgan fingerprint density at radius 2 is 1.83 bits per heavy atom. The topological polar surface area (TPSA) is 74.3 Å². The second-order valence-corrected chi connectivity index (χ2v) is 7.19. The maximum Gasteiger partial charge on any atom is 0.315 e. The number of piperidine rings is 1. The highest BCUT2D eigenvalue weighted by molar-refractivity contribution is 5.94. The molecule has 6 heteroatoms. The lowest BCUT2D eigenvalue weighted by atomic mass is 9.97. The molecule has 0 spiro atoms. The van der Waals surface area contributed by atoms with Crippen LogP contribution < -0.4 is 10.6 Å². The lowest BCUT2D eigenvalue weighted by Crippen LogP contribution is -2.50. The summed E-state index contributed by atoms with van der Waals surface area (Å²) in [6, 6.07) is 3.45. The van der Waals surface area contributed by atoms with Gasteiger partial charge in [0.15, 0.2) is 0 Å². The van der Waals surface area contributed by atoms with Crippen LogP contribution in [0.4, 0.5) is 4.79 Å². The Labute approximate surface area is 137 Å². The van der Waals surface area contributed by atoms with Crippen LogP contribution in [0.2, 0.25) is 0 Å². The predicted molar refractivity (Wildman–Crippen MR) is 89.2 cm³/mol. The fraction of sp³-hybridized carbons (Fsp3) is 0.588. The molecule has 1 aliphatic rings. The summed E-state index contributed by atoms with van der Waals surface area (Å²) < 4.78 is 0. The zero-order chi connectivity index (χ0) is 16.9. The smallest absolute Gasteiger partial charge is 0.315 e. The van der Waals surface area contributed by atoms with Crippen LogP contribution in [0.25, 0.3) is 0 Å². The number of hydrogen-bond donors (Lipinski definition) is 2. The predicted octanol–water partition coefficient (Wildman–Crippen LogP) is 2.03. The van der Waals surface area contributed by atoms with Gasteiger partial charge in [0.05, 0.1) is 0 Å². The van der Waals surface area contributed by atoms with E-state index >= 15 is 0 Å². The van der Waals surface area contributed by atoms with Crippen molar-refractivity contribution in [3.05, 3.63) is 30.1 Å². The standard InChI is InChI=1S/C17H26N4O2/c1-17(2,3)12-19-16(23)20-14-6-10-21(11-7-14)15(22)13-4-8-18-9-5-13/h4-5,8-9,14H,6-7,10-12H2,1-3H3,(H2,19,20,23). The molecular weight excluding hydrogens is 292 g/mol. The minimum atomic E-state index is -0.126. The van der Waals surface area contributed by atoms with Gasteiger partial charge in [-0.2, -0.15) is 0 Å². The quantitative estimate of drug-likeness (QED) is 0.895. The van der Waals surface area contributed by atoms with E-state index in [1.54, 1.807) is 24.5 Å². The van der Waals surface area contributed by atoms with E-state index in [2.05, 4.69) is 36.4 Å². The number of aromatic nitrogens is 1. The van der Waals surface area contributed by atoms with Crippen LogP contribution in [-0.4, -0.2) is 47.5 Å². The maximum atomic E-state index is 12.3. The molecule has 1 aromatic rings. The van der Waals surface area contributed by atoms with Crippen LogP contribution in [0.15, 0.2) is 24.5 Å². The van der Waals surface area contributed by atoms with Crippen molar-refractivity contribution < 1.29 is 9.59 Å². The number of likely N-dealkylation sites (tertiary alicyclic amines) is 1. The fourth-order valence-corrected chi connectivity index (χ4v) is 2.49. The Morgan fingerprint density at radius 3 is 2.39 bits per heavy atom. The monoisotopic (exact) mass is 318 g/mol. The molecule has 1 aliphatic heterocycles. The van der Waals surface area contributed by atoms with Gasteiger partial charge in [-0.25, -0.2) is 4.79 Å². The first kappa shape index (κ1) is 17.2. The molecule has 0 aliphatic carbocycles. The van der Waals surface area contributed by atoms with Crippen molar-refractivity contribution in [2.45, 2.75) is 39.7 Å². The van der Waals surface area contributed by atoms with Crippen LogP contribution in [0, 0.1) is 5.41 Å². The van der Waals surface area contributed by atoms with Crippen molar-refractivity contribution in [3.8, 4) is 0 Å². The molecule has 0 radical (unpaired) electrons. The van der Waals surface area contributed by atoms with Gasteiger partial charge in [0, 0.05) is 43.6 Å². The van der Waals surface area contributed by atoms with Gasteiger partial charge in [0.1, 0.15) is 0 Å². The number of amides is 3. The zero-order valence-corrected chi connectivity index (χ0v) is 14.1. The maximum absolute atomic E-state index is 12.3. The molecule has 126 valence electrons. The molecule has 2 N–H and O–H groups in total. The molecule has 2 rings (SSSR count). The Hall–Kier alpha value is -2.11. The number of carbonyl (C=O) groups is 2. The van der Waals surface area contributed by atoms with Crippen molar-refractivity contribution >= 4 is 11.9 Å². The second-order valence-electron chi connectivity index (χ2n) is 7.19. The van der Waals surface area contributed by atoms with Crippen LogP contribution >= 0.6 is 0 Å². The molecule has 1 saturated heterocycles. The van der Waals surface area contributed by atoms with Gasteiger partial charge >= 0.3 is 6.03 Å². The van der Waals surface area contributed by atoms with E-state index in [0.717, 1.165) is 12.8 Å². The number of nitrogens with one attached hydrogen (secondary N) is 2. The lowest BCUT2D eigenvalue weighted by molar-refractivity contribution is 0.0708. The van der Waals surface area contributed by atoms with E-state index < -0.39 is 0 Å². The van der Waals surface area contributed by atoms with E-state index in [-0.39, 0.29) is 23.4 Å². The largest absolute Gasteiger partial charge is 0.338 e. The average Bonchev–Trinajstić information content (AvgIpc) is 2.53. The first-order valence-electron chi connectivity index (χ1n) is 8.09. The van der Waals surface area contributed by atoms with E-state index in [1.807, 2.05) is 4.90 Å². The summed E-state index contributed by atoms with van der Waals surface area (Å²) in [5.74, 6) is 0.0306. The highest BCUT2D eigenvalue weighted by Crippen LogP contribution is 2.14. The molecule has 2 heterocycles. The molecule has 1 aromatic heterocycles. The molecule has 0 unspecified atom stereocenters. The SMILES string of the molecule is CC(C)(C)CNC(=O)NC1CCN(C(=O)c2ccncc2)CC1. The first-order valence-corrected chi connectivity index (χ1v) is 8.09. The van der Waals surface area contributed by atoms with Gasteiger partial charge in [0.25, 0.3) is 5.91 Å². The number of rotatable bonds is 3. The minimum absolute atomic E-state index is 0.0306. The van der Waals surface area contributed by atoms with Gasteiger partial charge in [-0.3, -0.25) is 9.78 Å². The summed E-state index contributed by atoms with van der Waals surface area (Å²) in [6.45, 7) is 8.19. The normalized spacial score (nSPS) is 16.0. The summed E-state index contributed by atoms with van der Waals surface area (Å²) in [4.78, 5) is 30.0. The number of pyridine rings is 1. The van der Waals surface area contributed by atoms with Gasteiger partial charge in [0.2, 0.25) is 0 Å². The Balaban J connectivity index is 1.76. The third-order valence-electron chi connectivity index (χ3n) is 3.82. The van der Waals surface area contributed by atoms with Crippen molar-refractivity contribution in [2.75, 3.05) is 19.6 Å². The lowest BCUT2D eigenvalue weighted by Gasteiger charge is -2.32. The second kappa shape index (κ2) is 7.44. The Kier molecular flexibility index (Phi) is 5.58. The van der Waals surface area contributed by atoms with Crippen molar-refractivity contribution in [1.29, 1.82) is 0 Å². The summed E-state index contributed by atoms with van der Waals surface area (Å²) in [7, 11) is 0. The van der Waals surface area contributed by atoms with Gasteiger partial charge in [-0.15, -0.1) is 0 Å². The van der Waals surface area contributed by atoms with Crippen molar-refractivity contribution in [3.63, 3.8) is 0 Å². The third kappa shape index (κ3) is 5.54. The van der Waals surface area contributed by atoms with Crippen LogP contribution in [0.3, 0.4) is 0 Å². The minimum Gasteiger partial charge on any atom is -0.338 e. The first-order chi connectivity index (χ1) is 10.8. The number of urea groups is 1. The van der Waals surface area contributed by atoms with Crippen LogP contribution in [0.5, 0.6) is 0 Å². The molecule has 0 saturated carbocycles. The summed E-state index contributed by atoms with van der Waals surface area (Å²) in [6.07, 6.45) is 4.81. The molecular formula is C17H26N4O2. The zero-order valence-electron chi connectivity index (χ0n) is 14.1. The molecule has 0 aromatic carbocycles. The molecule has 1 fully saturated rings. The van der Waals surface area contributed by atoms with Crippen molar-refractivity contribution in [2.24, 2.45) is 5.41 Å². The molecule has 23 heavy (non-hydrogen) atoms.